The molecule has 6 aliphatic heterocycles. The van der Waals surface area contributed by atoms with Crippen LogP contribution in [0.2, 0.25) is 0 Å². The van der Waals surface area contributed by atoms with Crippen molar-refractivity contribution < 1.29 is 87.1 Å². The van der Waals surface area contributed by atoms with Gasteiger partial charge in [0, 0.05) is 35.3 Å². The number of thiazole rings is 2. The summed E-state index contributed by atoms with van der Waals surface area (Å²) < 4.78 is 40.8. The second kappa shape index (κ2) is 27.5. The Kier molecular flexibility index (Phi) is 21.4. The minimum Gasteiger partial charge on any atom is -1.00 e. The molecule has 6 saturated heterocycles. The van der Waals surface area contributed by atoms with Crippen LogP contribution in [0.15, 0.2) is 48.5 Å². The van der Waals surface area contributed by atoms with Crippen molar-refractivity contribution in [1.82, 2.24) is 30.4 Å². The van der Waals surface area contributed by atoms with Crippen LogP contribution >= 0.6 is 22.7 Å². The second-order valence-electron chi connectivity index (χ2n) is 22.9. The highest BCUT2D eigenvalue weighted by atomic mass is 35.5. The van der Waals surface area contributed by atoms with Crippen molar-refractivity contribution in [2.45, 2.75) is 82.7 Å². The van der Waals surface area contributed by atoms with Crippen molar-refractivity contribution in [3.8, 4) is 47.2 Å². The standard InChI is InChI=1S/C29H36FN5O5S.C29H34FN5O4S.2ClH/c1-5-18-15-35(24-23(18)40-16-29(24,38)39)27(37)21(14-17(2)3)31-26(36)20-8-6-19(7-9-20)22-25(30)41-28(32-22)34-12-10-33(4)11-13-34;1-5-18-15-35(24-22(36)16-39-25(18)24)28(38)21(14-17(2)3)31-27(37)20-8-6-19(7-9-20)23-26(30)40-29(32-23)34-12-10-33(4)11-13-34;;/h1,6-9,17-18,21,23-24,38-39H,10-16H2,2-4H3,(H,31,36);1,6-9,17-18,21,24-25H,10-16H2,2-4H3,(H,31,37);2*1H/t18-,21+,23-,24+;18-,21+,24-,25-;;/m11../s1. The Morgan fingerprint density at radius 1 is 0.699 bits per heavy atom. The summed E-state index contributed by atoms with van der Waals surface area (Å²) in [5, 5.41) is 27.2. The quantitative estimate of drug-likeness (QED) is 0.0516. The van der Waals surface area contributed by atoms with Crippen molar-refractivity contribution in [2.75, 3.05) is 103 Å². The number of likely N-dealkylation sites (N-methyl/N-ethyl adjacent to an activating group) is 2. The molecule has 4 aromatic rings. The predicted molar refractivity (Wildman–Crippen MR) is 301 cm³/mol. The number of quaternary nitrogens is 2. The fraction of sp³-hybridized carbons (Fsp3) is 0.534. The van der Waals surface area contributed by atoms with Crippen LogP contribution in [-0.4, -0.2) is 194 Å². The van der Waals surface area contributed by atoms with Crippen LogP contribution < -0.4 is 55.0 Å². The van der Waals surface area contributed by atoms with Gasteiger partial charge in [-0.15, -0.1) is 12.8 Å². The lowest BCUT2D eigenvalue weighted by Crippen LogP contribution is -3.12. The number of nitrogens with zero attached hydrogens (tertiary/aromatic N) is 6. The second-order valence-corrected chi connectivity index (χ2v) is 24.8. The van der Waals surface area contributed by atoms with E-state index in [0.717, 1.165) is 75.0 Å². The van der Waals surface area contributed by atoms with Crippen LogP contribution in [0.1, 0.15) is 61.3 Å². The topological polar surface area (TPSA) is 216 Å². The van der Waals surface area contributed by atoms with E-state index in [1.807, 2.05) is 27.7 Å². The lowest BCUT2D eigenvalue weighted by Gasteiger charge is -2.33. The highest BCUT2D eigenvalue weighted by Crippen LogP contribution is 2.39. The zero-order chi connectivity index (χ0) is 58.0. The predicted octanol–water partition coefficient (Wildman–Crippen LogP) is -5.17. The van der Waals surface area contributed by atoms with Gasteiger partial charge in [0.1, 0.15) is 54.9 Å². The Morgan fingerprint density at radius 2 is 1.11 bits per heavy atom. The number of benzene rings is 2. The van der Waals surface area contributed by atoms with E-state index >= 15 is 0 Å². The monoisotopic (exact) mass is 1220 g/mol. The van der Waals surface area contributed by atoms with Gasteiger partial charge in [0.15, 0.2) is 16.0 Å². The van der Waals surface area contributed by atoms with Crippen LogP contribution in [0.5, 0.6) is 0 Å². The number of amides is 4. The third-order valence-electron chi connectivity index (χ3n) is 16.0. The van der Waals surface area contributed by atoms with Gasteiger partial charge in [-0.2, -0.15) is 8.78 Å². The van der Waals surface area contributed by atoms with Gasteiger partial charge in [-0.05, 0) is 48.9 Å². The molecule has 0 saturated carbocycles. The first-order chi connectivity index (χ1) is 38.6. The summed E-state index contributed by atoms with van der Waals surface area (Å²) >= 11 is 2.06. The third-order valence-corrected chi connectivity index (χ3v) is 17.8. The molecule has 10 rings (SSSR count). The van der Waals surface area contributed by atoms with Gasteiger partial charge in [0.2, 0.25) is 27.9 Å². The van der Waals surface area contributed by atoms with E-state index in [4.69, 9.17) is 22.3 Å². The van der Waals surface area contributed by atoms with Crippen LogP contribution in [0.3, 0.4) is 0 Å². The van der Waals surface area contributed by atoms with Crippen LogP contribution in [0, 0.1) is 58.6 Å². The van der Waals surface area contributed by atoms with Crippen molar-refractivity contribution in [2.24, 2.45) is 23.7 Å². The minimum atomic E-state index is -2.23. The summed E-state index contributed by atoms with van der Waals surface area (Å²) in [6.45, 7) is 14.9. The Labute approximate surface area is 503 Å². The molecule has 6 fully saturated rings. The lowest BCUT2D eigenvalue weighted by molar-refractivity contribution is -0.880. The first-order valence-electron chi connectivity index (χ1n) is 27.7. The molecule has 25 heteroatoms. The van der Waals surface area contributed by atoms with Gasteiger partial charge in [-0.1, -0.05) is 86.5 Å². The van der Waals surface area contributed by atoms with Crippen LogP contribution in [-0.2, 0) is 23.9 Å². The minimum absolute atomic E-state index is 0. The van der Waals surface area contributed by atoms with E-state index in [2.05, 4.69) is 56.3 Å². The number of piperazine rings is 2. The van der Waals surface area contributed by atoms with E-state index in [9.17, 15) is 43.0 Å². The number of hydrogen-bond acceptors (Lipinski definition) is 15. The molecular formula is C58H72Cl2F2N10O9S2. The highest BCUT2D eigenvalue weighted by molar-refractivity contribution is 7.14. The van der Waals surface area contributed by atoms with Crippen molar-refractivity contribution in [1.29, 1.82) is 0 Å². The molecule has 2 aromatic heterocycles. The van der Waals surface area contributed by atoms with Crippen molar-refractivity contribution >= 4 is 62.3 Å². The highest BCUT2D eigenvalue weighted by Gasteiger charge is 2.60. The van der Waals surface area contributed by atoms with Gasteiger partial charge >= 0.3 is 0 Å². The zero-order valence-electron chi connectivity index (χ0n) is 47.2. The molecule has 0 unspecified atom stereocenters. The number of anilines is 2. The van der Waals surface area contributed by atoms with E-state index in [-0.39, 0.29) is 102 Å². The molecule has 8 heterocycles. The number of nitrogens with one attached hydrogen (secondary N) is 4. The third kappa shape index (κ3) is 14.3. The van der Waals surface area contributed by atoms with Gasteiger partial charge in [0.25, 0.3) is 11.8 Å². The molecule has 6 N–H and O–H groups in total. The summed E-state index contributed by atoms with van der Waals surface area (Å²) in [6.07, 6.45) is 10.8. The zero-order valence-corrected chi connectivity index (χ0v) is 50.4. The molecule has 0 radical (unpaired) electrons. The number of carbonyl (C=O) groups excluding carboxylic acids is 5. The number of fused-ring (bicyclic) bond motifs is 2. The maximum absolute atomic E-state index is 14.9. The van der Waals surface area contributed by atoms with Crippen LogP contribution in [0.25, 0.3) is 22.5 Å². The van der Waals surface area contributed by atoms with E-state index in [0.29, 0.717) is 45.4 Å². The fourth-order valence-corrected chi connectivity index (χ4v) is 13.2. The average molecular weight is 1230 g/mol. The molecule has 83 heavy (non-hydrogen) atoms. The van der Waals surface area contributed by atoms with E-state index in [1.54, 1.807) is 48.5 Å². The first-order valence-corrected chi connectivity index (χ1v) is 29.3. The molecule has 448 valence electrons. The molecule has 6 aliphatic rings. The number of hydrogen-bond donors (Lipinski definition) is 6. The maximum Gasteiger partial charge on any atom is 0.251 e. The largest absolute Gasteiger partial charge is 1.00 e. The summed E-state index contributed by atoms with van der Waals surface area (Å²) in [5.74, 6) is 0.444. The van der Waals surface area contributed by atoms with E-state index in [1.165, 1.54) is 19.6 Å². The van der Waals surface area contributed by atoms with Gasteiger partial charge in [-0.25, -0.2) is 9.97 Å². The number of aromatic nitrogens is 2. The molecule has 4 amide bonds. The number of Topliss-reactive ketones (excluding diaryl/α,β-unsaturated/α-hetero) is 1. The molecule has 0 spiro atoms. The fourth-order valence-electron chi connectivity index (χ4n) is 11.5. The summed E-state index contributed by atoms with van der Waals surface area (Å²) in [4.78, 5) is 85.2. The van der Waals surface area contributed by atoms with E-state index < -0.39 is 65.8 Å². The van der Waals surface area contributed by atoms with Crippen LogP contribution in [0.4, 0.5) is 19.0 Å². The number of halogens is 4. The summed E-state index contributed by atoms with van der Waals surface area (Å²) in [6, 6.07) is 9.51. The molecular weight excluding hydrogens is 1150 g/mol. The molecule has 19 nitrogen and oxygen atoms in total. The Morgan fingerprint density at radius 3 is 1.53 bits per heavy atom. The lowest BCUT2D eigenvalue weighted by atomic mass is 9.98. The number of carbonyl (C=O) groups is 5. The van der Waals surface area contributed by atoms with Crippen molar-refractivity contribution in [3.05, 3.63) is 69.9 Å². The number of terminal acetylenes is 2. The molecule has 0 bridgehead atoms. The van der Waals surface area contributed by atoms with Gasteiger partial charge in [0.05, 0.1) is 84.4 Å². The van der Waals surface area contributed by atoms with Crippen molar-refractivity contribution in [3.63, 3.8) is 0 Å². The average Bonchev–Trinajstić information content (AvgIpc) is 4.46. The molecule has 0 aliphatic carbocycles. The molecule has 8 atom stereocenters. The molecule has 2 aromatic carbocycles. The summed E-state index contributed by atoms with van der Waals surface area (Å²) in [7, 11) is 4.28. The Bertz CT molecular complexity index is 3050. The number of rotatable bonds is 14. The first kappa shape index (κ1) is 64.7. The smallest absolute Gasteiger partial charge is 0.251 e. The summed E-state index contributed by atoms with van der Waals surface area (Å²) in [5.41, 5.74) is 2.29. The number of ketones is 1. The maximum atomic E-state index is 14.9. The van der Waals surface area contributed by atoms with Gasteiger partial charge in [-0.3, -0.25) is 24.0 Å². The number of aliphatic hydroxyl groups is 2. The number of likely N-dealkylation sites (tertiary alicyclic amines) is 2. The Balaban J connectivity index is 0.000000233. The number of ether oxygens (including phenoxy) is 2. The Hall–Kier alpha value is -5.83. The van der Waals surface area contributed by atoms with Gasteiger partial charge < -0.3 is 84.5 Å². The SMILES string of the molecule is C#C[C@@H]1CN(C(=O)[C@H](CC(C)C)NC(=O)c2ccc(-c3nc(N4CC[NH+](C)CC4)sc3F)cc2)[C@@H]2C(=O)CO[C@H]12.C#C[C@@H]1CN(C(=O)[C@H](CC(C)C)NC(=O)c2ccc(-c3nc(N4CC[NH+](C)CC4)sc3F)cc2)[C@H]2[C@@H]1OCC2(O)O.[Cl-].[Cl-]. The normalized spacial score (nSPS) is 23.7.